The van der Waals surface area contributed by atoms with E-state index in [9.17, 15) is 0 Å². The molecule has 1 saturated carbocycles. The molecule has 1 rings (SSSR count). The van der Waals surface area contributed by atoms with Crippen molar-refractivity contribution in [2.24, 2.45) is 17.8 Å². The van der Waals surface area contributed by atoms with Gasteiger partial charge in [-0.1, -0.05) is 40.5 Å². The van der Waals surface area contributed by atoms with Gasteiger partial charge in [0.25, 0.3) is 0 Å². The minimum absolute atomic E-state index is 0.805. The fraction of sp³-hybridized carbons (Fsp3) is 1.00. The molecule has 3 unspecified atom stereocenters. The van der Waals surface area contributed by atoms with E-state index < -0.39 is 0 Å². The molecule has 0 saturated heterocycles. The van der Waals surface area contributed by atoms with E-state index in [1.165, 1.54) is 45.1 Å². The van der Waals surface area contributed by atoms with Gasteiger partial charge in [0, 0.05) is 6.04 Å². The Balaban J connectivity index is 2.34. The fourth-order valence-electron chi connectivity index (χ4n) is 3.25. The van der Waals surface area contributed by atoms with Crippen LogP contribution in [0.1, 0.15) is 66.2 Å². The largest absolute Gasteiger partial charge is 0.314 e. The van der Waals surface area contributed by atoms with Gasteiger partial charge in [0.2, 0.25) is 0 Å². The SMILES string of the molecule is CCCNC1CCC(CC(CC)CC)C1C. The summed E-state index contributed by atoms with van der Waals surface area (Å²) in [6.45, 7) is 10.6. The lowest BCUT2D eigenvalue weighted by molar-refractivity contribution is 0.282. The Morgan fingerprint density at radius 1 is 1.12 bits per heavy atom. The Morgan fingerprint density at radius 3 is 2.38 bits per heavy atom. The first-order valence-electron chi connectivity index (χ1n) is 7.46. The Hall–Kier alpha value is -0.0400. The van der Waals surface area contributed by atoms with Crippen molar-refractivity contribution in [2.75, 3.05) is 6.54 Å². The lowest BCUT2D eigenvalue weighted by Gasteiger charge is -2.24. The molecule has 96 valence electrons. The summed E-state index contributed by atoms with van der Waals surface area (Å²) >= 11 is 0. The molecule has 16 heavy (non-hydrogen) atoms. The second-order valence-corrected chi connectivity index (χ2v) is 5.68. The molecule has 0 aromatic carbocycles. The molecule has 0 aromatic rings. The molecule has 0 radical (unpaired) electrons. The first-order chi connectivity index (χ1) is 7.72. The minimum Gasteiger partial charge on any atom is -0.314 e. The molecule has 0 aliphatic heterocycles. The number of hydrogen-bond acceptors (Lipinski definition) is 1. The van der Waals surface area contributed by atoms with Gasteiger partial charge in [-0.2, -0.15) is 0 Å². The Morgan fingerprint density at radius 2 is 1.81 bits per heavy atom. The van der Waals surface area contributed by atoms with E-state index in [0.29, 0.717) is 0 Å². The van der Waals surface area contributed by atoms with Crippen molar-refractivity contribution in [1.29, 1.82) is 0 Å². The van der Waals surface area contributed by atoms with Crippen LogP contribution in [0.25, 0.3) is 0 Å². The van der Waals surface area contributed by atoms with Crippen LogP contribution in [0.4, 0.5) is 0 Å². The maximum absolute atomic E-state index is 3.72. The fourth-order valence-corrected chi connectivity index (χ4v) is 3.25. The van der Waals surface area contributed by atoms with Gasteiger partial charge in [-0.3, -0.25) is 0 Å². The van der Waals surface area contributed by atoms with Crippen LogP contribution in [0, 0.1) is 17.8 Å². The molecule has 0 amide bonds. The van der Waals surface area contributed by atoms with Crippen molar-refractivity contribution in [3.8, 4) is 0 Å². The maximum Gasteiger partial charge on any atom is 0.00954 e. The maximum atomic E-state index is 3.72. The molecule has 1 aliphatic carbocycles. The van der Waals surface area contributed by atoms with Crippen molar-refractivity contribution in [3.63, 3.8) is 0 Å². The van der Waals surface area contributed by atoms with Crippen LogP contribution < -0.4 is 5.32 Å². The van der Waals surface area contributed by atoms with E-state index in [1.54, 1.807) is 0 Å². The summed E-state index contributed by atoms with van der Waals surface area (Å²) in [5.41, 5.74) is 0. The van der Waals surface area contributed by atoms with Gasteiger partial charge in [0.15, 0.2) is 0 Å². The average Bonchev–Trinajstić information content (AvgIpc) is 2.65. The molecule has 1 fully saturated rings. The van der Waals surface area contributed by atoms with Gasteiger partial charge < -0.3 is 5.32 Å². The second kappa shape index (κ2) is 7.32. The van der Waals surface area contributed by atoms with Crippen molar-refractivity contribution < 1.29 is 0 Å². The van der Waals surface area contributed by atoms with Gasteiger partial charge in [0.1, 0.15) is 0 Å². The summed E-state index contributed by atoms with van der Waals surface area (Å²) in [6, 6.07) is 0.805. The van der Waals surface area contributed by atoms with Gasteiger partial charge in [-0.25, -0.2) is 0 Å². The molecule has 0 spiro atoms. The third kappa shape index (κ3) is 3.76. The average molecular weight is 225 g/mol. The van der Waals surface area contributed by atoms with Gasteiger partial charge in [-0.15, -0.1) is 0 Å². The number of hydrogen-bond donors (Lipinski definition) is 1. The molecule has 1 aliphatic rings. The van der Waals surface area contributed by atoms with Crippen LogP contribution in [0.2, 0.25) is 0 Å². The first-order valence-corrected chi connectivity index (χ1v) is 7.46. The van der Waals surface area contributed by atoms with Crippen LogP contribution in [0.15, 0.2) is 0 Å². The van der Waals surface area contributed by atoms with Gasteiger partial charge >= 0.3 is 0 Å². The van der Waals surface area contributed by atoms with Crippen LogP contribution >= 0.6 is 0 Å². The summed E-state index contributed by atoms with van der Waals surface area (Å²) in [5, 5.41) is 3.72. The van der Waals surface area contributed by atoms with Crippen molar-refractivity contribution >= 4 is 0 Å². The zero-order chi connectivity index (χ0) is 12.0. The quantitative estimate of drug-likeness (QED) is 0.684. The predicted molar refractivity (Wildman–Crippen MR) is 72.7 cm³/mol. The summed E-state index contributed by atoms with van der Waals surface area (Å²) in [7, 11) is 0. The molecule has 1 nitrogen and oxygen atoms in total. The molecule has 1 N–H and O–H groups in total. The third-order valence-corrected chi connectivity index (χ3v) is 4.67. The molecule has 0 bridgehead atoms. The monoisotopic (exact) mass is 225 g/mol. The van der Waals surface area contributed by atoms with Crippen LogP contribution in [-0.4, -0.2) is 12.6 Å². The summed E-state index contributed by atoms with van der Waals surface area (Å²) < 4.78 is 0. The normalized spacial score (nSPS) is 30.2. The van der Waals surface area contributed by atoms with E-state index in [4.69, 9.17) is 0 Å². The summed E-state index contributed by atoms with van der Waals surface area (Å²) in [6.07, 6.45) is 8.34. The molecular formula is C15H31N. The molecular weight excluding hydrogens is 194 g/mol. The molecule has 0 aromatic heterocycles. The second-order valence-electron chi connectivity index (χ2n) is 5.68. The van der Waals surface area contributed by atoms with Crippen molar-refractivity contribution in [1.82, 2.24) is 5.32 Å². The lowest BCUT2D eigenvalue weighted by Crippen LogP contribution is -2.33. The van der Waals surface area contributed by atoms with Crippen LogP contribution in [0.3, 0.4) is 0 Å². The summed E-state index contributed by atoms with van der Waals surface area (Å²) in [5.74, 6) is 2.85. The van der Waals surface area contributed by atoms with E-state index >= 15 is 0 Å². The van der Waals surface area contributed by atoms with E-state index in [-0.39, 0.29) is 0 Å². The van der Waals surface area contributed by atoms with Gasteiger partial charge in [-0.05, 0) is 50.0 Å². The molecule has 3 atom stereocenters. The van der Waals surface area contributed by atoms with E-state index in [0.717, 1.165) is 23.8 Å². The van der Waals surface area contributed by atoms with Gasteiger partial charge in [0.05, 0.1) is 0 Å². The van der Waals surface area contributed by atoms with Crippen molar-refractivity contribution in [2.45, 2.75) is 72.3 Å². The van der Waals surface area contributed by atoms with Crippen LogP contribution in [0.5, 0.6) is 0 Å². The highest BCUT2D eigenvalue weighted by atomic mass is 14.9. The minimum atomic E-state index is 0.805. The lowest BCUT2D eigenvalue weighted by atomic mass is 9.84. The van der Waals surface area contributed by atoms with Crippen LogP contribution in [-0.2, 0) is 0 Å². The van der Waals surface area contributed by atoms with Crippen molar-refractivity contribution in [3.05, 3.63) is 0 Å². The van der Waals surface area contributed by atoms with E-state index in [2.05, 4.69) is 33.0 Å². The molecule has 1 heteroatoms. The smallest absolute Gasteiger partial charge is 0.00954 e. The zero-order valence-electron chi connectivity index (χ0n) is 11.8. The third-order valence-electron chi connectivity index (χ3n) is 4.67. The highest BCUT2D eigenvalue weighted by Gasteiger charge is 2.32. The Bertz CT molecular complexity index is 174. The van der Waals surface area contributed by atoms with E-state index in [1.807, 2.05) is 0 Å². The molecule has 0 heterocycles. The highest BCUT2D eigenvalue weighted by Crippen LogP contribution is 2.37. The highest BCUT2D eigenvalue weighted by molar-refractivity contribution is 4.87. The predicted octanol–water partition coefficient (Wildman–Crippen LogP) is 4.23. The summed E-state index contributed by atoms with van der Waals surface area (Å²) in [4.78, 5) is 0. The topological polar surface area (TPSA) is 12.0 Å². The number of rotatable bonds is 7. The first kappa shape index (κ1) is 14.0. The number of nitrogens with one attached hydrogen (secondary N) is 1. The Kier molecular flexibility index (Phi) is 6.41. The Labute approximate surface area is 102 Å². The zero-order valence-corrected chi connectivity index (χ0v) is 11.8. The standard InChI is InChI=1S/C15H31N/c1-5-10-16-15-9-8-14(12(15)4)11-13(6-2)7-3/h12-16H,5-11H2,1-4H3.